The van der Waals surface area contributed by atoms with Crippen LogP contribution < -0.4 is 11.1 Å². The number of hydrogen-bond acceptors (Lipinski definition) is 7. The van der Waals surface area contributed by atoms with Gasteiger partial charge in [-0.2, -0.15) is 8.42 Å². The summed E-state index contributed by atoms with van der Waals surface area (Å²) in [5.74, 6) is -1.24. The van der Waals surface area contributed by atoms with Gasteiger partial charge in [-0.1, -0.05) is 51.7 Å². The average molecular weight is 481 g/mol. The number of nitrogens with one attached hydrogen (secondary N) is 1. The number of carbonyl (C=O) groups is 2. The predicted octanol–water partition coefficient (Wildman–Crippen LogP) is 2.20. The van der Waals surface area contributed by atoms with Crippen molar-refractivity contribution in [2.75, 3.05) is 18.9 Å². The second kappa shape index (κ2) is 11.9. The monoisotopic (exact) mass is 480 g/mol. The van der Waals surface area contributed by atoms with Crippen molar-refractivity contribution in [3.63, 3.8) is 0 Å². The van der Waals surface area contributed by atoms with Gasteiger partial charge in [0.1, 0.15) is 16.6 Å². The molecule has 33 heavy (non-hydrogen) atoms. The lowest BCUT2D eigenvalue weighted by Crippen LogP contribution is -2.36. The minimum atomic E-state index is -4.63. The van der Waals surface area contributed by atoms with E-state index in [0.717, 1.165) is 31.7 Å². The predicted molar refractivity (Wildman–Crippen MR) is 123 cm³/mol. The Morgan fingerprint density at radius 1 is 1.21 bits per heavy atom. The minimum absolute atomic E-state index is 0.0615. The van der Waals surface area contributed by atoms with Gasteiger partial charge in [0.25, 0.3) is 10.1 Å². The first-order valence-electron chi connectivity index (χ1n) is 10.9. The standard InChI is InChI=1S/C22H32N4O6S/c1-3-4-5-6-10-18(21(29)24-12-15(2)14-27)26-13-17(25-22(26)23)20(28)16-9-7-8-11-19(16)33(30,31)32/h7-9,11,13,15,18,27H,3-6,10,12,14H2,1-2H3,(H2,23,25)(H,24,29)(H,30,31,32). The third-order valence-electron chi connectivity index (χ3n) is 5.31. The average Bonchev–Trinajstić information content (AvgIpc) is 3.17. The Bertz CT molecular complexity index is 1070. The molecule has 0 saturated carbocycles. The molecule has 0 saturated heterocycles. The second-order valence-corrected chi connectivity index (χ2v) is 9.48. The Labute approximate surface area is 194 Å². The summed E-state index contributed by atoms with van der Waals surface area (Å²) in [7, 11) is -4.63. The molecule has 2 unspecified atom stereocenters. The molecule has 0 aliphatic carbocycles. The molecule has 1 aromatic heterocycles. The summed E-state index contributed by atoms with van der Waals surface area (Å²) in [4.78, 5) is 29.4. The van der Waals surface area contributed by atoms with E-state index in [0.29, 0.717) is 6.42 Å². The van der Waals surface area contributed by atoms with Crippen LogP contribution >= 0.6 is 0 Å². The molecule has 10 nitrogen and oxygen atoms in total. The number of nitrogen functional groups attached to an aromatic ring is 1. The first-order chi connectivity index (χ1) is 15.6. The Morgan fingerprint density at radius 2 is 1.91 bits per heavy atom. The Morgan fingerprint density at radius 3 is 2.55 bits per heavy atom. The van der Waals surface area contributed by atoms with Crippen LogP contribution in [-0.4, -0.2) is 52.5 Å². The zero-order valence-corrected chi connectivity index (χ0v) is 19.7. The number of ketones is 1. The largest absolute Gasteiger partial charge is 0.396 e. The zero-order valence-electron chi connectivity index (χ0n) is 18.9. The molecule has 0 spiro atoms. The van der Waals surface area contributed by atoms with Gasteiger partial charge in [0.05, 0.1) is 0 Å². The molecule has 2 aromatic rings. The summed E-state index contributed by atoms with van der Waals surface area (Å²) < 4.78 is 34.2. The molecular weight excluding hydrogens is 448 g/mol. The molecule has 0 bridgehead atoms. The lowest BCUT2D eigenvalue weighted by atomic mass is 10.1. The summed E-state index contributed by atoms with van der Waals surface area (Å²) in [6.45, 7) is 4.09. The van der Waals surface area contributed by atoms with Crippen molar-refractivity contribution in [2.45, 2.75) is 56.9 Å². The van der Waals surface area contributed by atoms with Crippen LogP contribution in [0.15, 0.2) is 35.4 Å². The maximum absolute atomic E-state index is 13.0. The van der Waals surface area contributed by atoms with Crippen molar-refractivity contribution < 1.29 is 27.7 Å². The highest BCUT2D eigenvalue weighted by molar-refractivity contribution is 7.86. The third kappa shape index (κ3) is 7.11. The molecule has 2 atom stereocenters. The highest BCUT2D eigenvalue weighted by Crippen LogP contribution is 2.24. The number of carbonyl (C=O) groups excluding carboxylic acids is 2. The molecule has 5 N–H and O–H groups in total. The van der Waals surface area contributed by atoms with E-state index >= 15 is 0 Å². The van der Waals surface area contributed by atoms with Crippen molar-refractivity contribution >= 4 is 27.8 Å². The number of benzene rings is 1. The zero-order chi connectivity index (χ0) is 24.6. The molecule has 0 aliphatic heterocycles. The number of aliphatic hydroxyl groups is 1. The van der Waals surface area contributed by atoms with Crippen molar-refractivity contribution in [3.05, 3.63) is 41.7 Å². The first kappa shape index (κ1) is 26.5. The van der Waals surface area contributed by atoms with E-state index in [9.17, 15) is 27.7 Å². The fourth-order valence-corrected chi connectivity index (χ4v) is 4.09. The summed E-state index contributed by atoms with van der Waals surface area (Å²) in [5, 5.41) is 12.0. The van der Waals surface area contributed by atoms with Crippen LogP contribution in [0, 0.1) is 5.92 Å². The number of anilines is 1. The summed E-state index contributed by atoms with van der Waals surface area (Å²) >= 11 is 0. The maximum atomic E-state index is 13.0. The summed E-state index contributed by atoms with van der Waals surface area (Å²) in [6, 6.07) is 4.52. The van der Waals surface area contributed by atoms with Gasteiger partial charge >= 0.3 is 0 Å². The number of amides is 1. The fourth-order valence-electron chi connectivity index (χ4n) is 3.40. The van der Waals surface area contributed by atoms with Gasteiger partial charge in [0.15, 0.2) is 0 Å². The quantitative estimate of drug-likeness (QED) is 0.192. The van der Waals surface area contributed by atoms with E-state index in [1.807, 2.05) is 0 Å². The van der Waals surface area contributed by atoms with Gasteiger partial charge in [-0.25, -0.2) is 4.98 Å². The topological polar surface area (TPSA) is 165 Å². The molecular formula is C22H32N4O6S. The number of imidazole rings is 1. The summed E-state index contributed by atoms with van der Waals surface area (Å²) in [6.07, 6.45) is 5.53. The Kier molecular flexibility index (Phi) is 9.56. The van der Waals surface area contributed by atoms with Crippen LogP contribution in [0.25, 0.3) is 0 Å². The van der Waals surface area contributed by atoms with Crippen LogP contribution in [0.4, 0.5) is 5.95 Å². The SMILES string of the molecule is CCCCCCC(C(=O)NCC(C)CO)n1cc(C(=O)c2ccccc2S(=O)(=O)O)nc1N. The minimum Gasteiger partial charge on any atom is -0.396 e. The van der Waals surface area contributed by atoms with Gasteiger partial charge in [-0.05, 0) is 24.5 Å². The van der Waals surface area contributed by atoms with Crippen LogP contribution in [-0.2, 0) is 14.9 Å². The highest BCUT2D eigenvalue weighted by atomic mass is 32.2. The Balaban J connectivity index is 2.36. The molecule has 1 aromatic carbocycles. The number of aromatic nitrogens is 2. The molecule has 182 valence electrons. The number of aliphatic hydroxyl groups excluding tert-OH is 1. The number of nitrogens with zero attached hydrogens (tertiary/aromatic N) is 2. The van der Waals surface area contributed by atoms with Gasteiger partial charge in [-0.3, -0.25) is 14.1 Å². The lowest BCUT2D eigenvalue weighted by molar-refractivity contribution is -0.124. The molecule has 0 radical (unpaired) electrons. The molecule has 2 rings (SSSR count). The van der Waals surface area contributed by atoms with Crippen LogP contribution in [0.2, 0.25) is 0 Å². The molecule has 1 amide bonds. The van der Waals surface area contributed by atoms with Gasteiger partial charge < -0.3 is 20.7 Å². The van der Waals surface area contributed by atoms with E-state index in [1.165, 1.54) is 29.0 Å². The molecule has 11 heteroatoms. The molecule has 0 aliphatic rings. The van der Waals surface area contributed by atoms with E-state index in [4.69, 9.17) is 5.73 Å². The number of unbranched alkanes of at least 4 members (excludes halogenated alkanes) is 3. The van der Waals surface area contributed by atoms with Crippen LogP contribution in [0.5, 0.6) is 0 Å². The maximum Gasteiger partial charge on any atom is 0.295 e. The molecule has 1 heterocycles. The van der Waals surface area contributed by atoms with Crippen LogP contribution in [0.1, 0.15) is 68.0 Å². The number of nitrogens with two attached hydrogens (primary N) is 1. The number of rotatable bonds is 13. The van der Waals surface area contributed by atoms with Crippen molar-refractivity contribution in [1.82, 2.24) is 14.9 Å². The first-order valence-corrected chi connectivity index (χ1v) is 12.4. The van der Waals surface area contributed by atoms with Crippen LogP contribution in [0.3, 0.4) is 0 Å². The second-order valence-electron chi connectivity index (χ2n) is 8.09. The van der Waals surface area contributed by atoms with Crippen molar-refractivity contribution in [2.24, 2.45) is 5.92 Å². The van der Waals surface area contributed by atoms with E-state index < -0.39 is 26.8 Å². The van der Waals surface area contributed by atoms with E-state index in [1.54, 1.807) is 6.92 Å². The number of hydrogen-bond donors (Lipinski definition) is 4. The van der Waals surface area contributed by atoms with Gasteiger partial charge in [0, 0.05) is 24.9 Å². The van der Waals surface area contributed by atoms with Gasteiger partial charge in [-0.15, -0.1) is 0 Å². The van der Waals surface area contributed by atoms with E-state index in [2.05, 4.69) is 17.2 Å². The lowest BCUT2D eigenvalue weighted by Gasteiger charge is -2.20. The molecule has 0 fully saturated rings. The fraction of sp³-hybridized carbons (Fsp3) is 0.500. The smallest absolute Gasteiger partial charge is 0.295 e. The van der Waals surface area contributed by atoms with Gasteiger partial charge in [0.2, 0.25) is 17.6 Å². The van der Waals surface area contributed by atoms with Crippen molar-refractivity contribution in [1.29, 1.82) is 0 Å². The normalized spacial score (nSPS) is 13.5. The highest BCUT2D eigenvalue weighted by Gasteiger charge is 2.27. The third-order valence-corrected chi connectivity index (χ3v) is 6.22. The Hall–Kier alpha value is -2.76. The van der Waals surface area contributed by atoms with E-state index in [-0.39, 0.29) is 42.2 Å². The summed E-state index contributed by atoms with van der Waals surface area (Å²) in [5.41, 5.74) is 5.66. The van der Waals surface area contributed by atoms with Crippen molar-refractivity contribution in [3.8, 4) is 0 Å².